The van der Waals surface area contributed by atoms with Crippen molar-refractivity contribution in [3.05, 3.63) is 53.6 Å². The summed E-state index contributed by atoms with van der Waals surface area (Å²) in [6, 6.07) is 6.64. The fraction of sp³-hybridized carbons (Fsp3) is 0.235. The van der Waals surface area contributed by atoms with Gasteiger partial charge in [0.05, 0.1) is 29.8 Å². The van der Waals surface area contributed by atoms with Gasteiger partial charge in [-0.05, 0) is 30.5 Å². The van der Waals surface area contributed by atoms with Crippen LogP contribution in [0, 0.1) is 0 Å². The van der Waals surface area contributed by atoms with Crippen molar-refractivity contribution in [2.45, 2.75) is 25.9 Å². The van der Waals surface area contributed by atoms with Crippen molar-refractivity contribution in [1.82, 2.24) is 15.6 Å². The Labute approximate surface area is 148 Å². The van der Waals surface area contributed by atoms with E-state index in [0.29, 0.717) is 17.3 Å². The third kappa shape index (κ3) is 4.57. The summed E-state index contributed by atoms with van der Waals surface area (Å²) in [4.78, 5) is 29.2. The number of amides is 2. The van der Waals surface area contributed by atoms with Crippen LogP contribution in [-0.2, 0) is 22.6 Å². The van der Waals surface area contributed by atoms with E-state index >= 15 is 0 Å². The Bertz CT molecular complexity index is 824. The van der Waals surface area contributed by atoms with Crippen molar-refractivity contribution in [3.63, 3.8) is 0 Å². The molecule has 0 fully saturated rings. The second-order valence-corrected chi connectivity index (χ2v) is 6.33. The predicted octanol–water partition coefficient (Wildman–Crippen LogP) is 2.36. The van der Waals surface area contributed by atoms with Gasteiger partial charge in [0.1, 0.15) is 18.1 Å². The first kappa shape index (κ1) is 17.0. The molecular formula is C17H17N3O4S. The summed E-state index contributed by atoms with van der Waals surface area (Å²) >= 11 is 1.51. The molecule has 1 atom stereocenters. The van der Waals surface area contributed by atoms with Gasteiger partial charge >= 0.3 is 0 Å². The van der Waals surface area contributed by atoms with Gasteiger partial charge in [0.2, 0.25) is 17.7 Å². The molecule has 0 radical (unpaired) electrons. The van der Waals surface area contributed by atoms with Crippen molar-refractivity contribution in [2.75, 3.05) is 0 Å². The monoisotopic (exact) mass is 359 g/mol. The van der Waals surface area contributed by atoms with Gasteiger partial charge in [0, 0.05) is 0 Å². The molecule has 0 saturated heterocycles. The fourth-order valence-electron chi connectivity index (χ4n) is 2.16. The number of furan rings is 1. The maximum Gasteiger partial charge on any atom is 0.242 e. The van der Waals surface area contributed by atoms with E-state index in [9.17, 15) is 9.59 Å². The maximum absolute atomic E-state index is 12.1. The number of aromatic nitrogens is 1. The number of nitrogens with zero attached hydrogens (tertiary/aromatic N) is 1. The van der Waals surface area contributed by atoms with Gasteiger partial charge in [-0.1, -0.05) is 6.07 Å². The van der Waals surface area contributed by atoms with E-state index in [2.05, 4.69) is 15.6 Å². The van der Waals surface area contributed by atoms with Crippen LogP contribution in [0.5, 0.6) is 0 Å². The fourth-order valence-corrected chi connectivity index (χ4v) is 2.82. The van der Waals surface area contributed by atoms with Crippen LogP contribution < -0.4 is 10.6 Å². The normalized spacial score (nSPS) is 11.9. The molecule has 7 nitrogen and oxygen atoms in total. The summed E-state index contributed by atoms with van der Waals surface area (Å²) in [5.41, 5.74) is 0.518. The molecule has 2 N–H and O–H groups in total. The molecule has 3 aromatic heterocycles. The van der Waals surface area contributed by atoms with Crippen molar-refractivity contribution in [2.24, 2.45) is 0 Å². The molecule has 0 bridgehead atoms. The quantitative estimate of drug-likeness (QED) is 0.675. The molecule has 0 aliphatic carbocycles. The Kier molecular flexibility index (Phi) is 5.30. The van der Waals surface area contributed by atoms with Crippen LogP contribution in [0.3, 0.4) is 0 Å². The van der Waals surface area contributed by atoms with Gasteiger partial charge in [0.25, 0.3) is 0 Å². The topological polar surface area (TPSA) is 97.4 Å². The number of hydrogen-bond donors (Lipinski definition) is 2. The van der Waals surface area contributed by atoms with Crippen molar-refractivity contribution in [1.29, 1.82) is 0 Å². The highest BCUT2D eigenvalue weighted by Gasteiger charge is 2.17. The van der Waals surface area contributed by atoms with Gasteiger partial charge in [-0.2, -0.15) is 0 Å². The highest BCUT2D eigenvalue weighted by Crippen LogP contribution is 2.23. The number of carbonyl (C=O) groups excluding carboxylic acids is 2. The van der Waals surface area contributed by atoms with Gasteiger partial charge in [0.15, 0.2) is 0 Å². The molecule has 3 heterocycles. The minimum Gasteiger partial charge on any atom is -0.467 e. The first-order chi connectivity index (χ1) is 12.1. The second kappa shape index (κ2) is 7.80. The molecule has 3 rings (SSSR count). The van der Waals surface area contributed by atoms with E-state index < -0.39 is 6.04 Å². The van der Waals surface area contributed by atoms with E-state index in [1.54, 1.807) is 19.1 Å². The lowest BCUT2D eigenvalue weighted by Gasteiger charge is -2.13. The maximum atomic E-state index is 12.1. The molecular weight excluding hydrogens is 342 g/mol. The molecule has 3 aromatic rings. The summed E-state index contributed by atoms with van der Waals surface area (Å²) in [7, 11) is 0. The highest BCUT2D eigenvalue weighted by atomic mass is 32.1. The minimum absolute atomic E-state index is 0.0463. The number of hydrogen-bond acceptors (Lipinski definition) is 6. The zero-order valence-electron chi connectivity index (χ0n) is 13.5. The number of nitrogens with one attached hydrogen (secondary N) is 2. The molecule has 0 aliphatic heterocycles. The highest BCUT2D eigenvalue weighted by molar-refractivity contribution is 7.13. The molecule has 2 amide bonds. The van der Waals surface area contributed by atoms with E-state index in [0.717, 1.165) is 4.88 Å². The first-order valence-electron chi connectivity index (χ1n) is 7.69. The number of oxazole rings is 1. The third-order valence-corrected chi connectivity index (χ3v) is 4.27. The molecule has 1 unspecified atom stereocenters. The summed E-state index contributed by atoms with van der Waals surface area (Å²) in [6.07, 6.45) is 3.04. The lowest BCUT2D eigenvalue weighted by molar-refractivity contribution is -0.128. The third-order valence-electron chi connectivity index (χ3n) is 3.41. The van der Waals surface area contributed by atoms with Crippen molar-refractivity contribution >= 4 is 23.2 Å². The molecule has 0 saturated carbocycles. The number of thiophene rings is 1. The van der Waals surface area contributed by atoms with Crippen LogP contribution in [-0.4, -0.2) is 22.8 Å². The Balaban J connectivity index is 1.47. The smallest absolute Gasteiger partial charge is 0.242 e. The van der Waals surface area contributed by atoms with Gasteiger partial charge < -0.3 is 19.5 Å². The number of carbonyl (C=O) groups is 2. The van der Waals surface area contributed by atoms with Gasteiger partial charge in [-0.15, -0.1) is 11.3 Å². The summed E-state index contributed by atoms with van der Waals surface area (Å²) < 4.78 is 10.5. The van der Waals surface area contributed by atoms with E-state index in [1.165, 1.54) is 23.9 Å². The van der Waals surface area contributed by atoms with Gasteiger partial charge in [-0.25, -0.2) is 4.98 Å². The first-order valence-corrected chi connectivity index (χ1v) is 8.57. The number of rotatable bonds is 7. The largest absolute Gasteiger partial charge is 0.467 e. The zero-order valence-corrected chi connectivity index (χ0v) is 14.3. The average Bonchev–Trinajstić information content (AvgIpc) is 3.33. The molecule has 8 heteroatoms. The zero-order chi connectivity index (χ0) is 17.6. The SMILES string of the molecule is CC(NC(=O)Cc1coc(-c2cccs2)n1)C(=O)NCc1ccco1. The molecule has 25 heavy (non-hydrogen) atoms. The Morgan fingerprint density at radius 1 is 1.28 bits per heavy atom. The molecule has 0 aliphatic rings. The van der Waals surface area contributed by atoms with Crippen LogP contribution in [0.2, 0.25) is 0 Å². The van der Waals surface area contributed by atoms with Crippen LogP contribution >= 0.6 is 11.3 Å². The van der Waals surface area contributed by atoms with Crippen molar-refractivity contribution < 1.29 is 18.4 Å². The van der Waals surface area contributed by atoms with E-state index in [-0.39, 0.29) is 24.8 Å². The summed E-state index contributed by atoms with van der Waals surface area (Å²) in [6.45, 7) is 1.90. The predicted molar refractivity (Wildman–Crippen MR) is 91.7 cm³/mol. The Morgan fingerprint density at radius 2 is 2.16 bits per heavy atom. The van der Waals surface area contributed by atoms with Crippen LogP contribution in [0.25, 0.3) is 10.8 Å². The Hall–Kier alpha value is -2.87. The van der Waals surface area contributed by atoms with Crippen molar-refractivity contribution in [3.8, 4) is 10.8 Å². The minimum atomic E-state index is -0.661. The standard InChI is InChI=1S/C17H17N3O4S/c1-11(16(22)18-9-13-4-2-6-23-13)19-15(21)8-12-10-24-17(20-12)14-5-3-7-25-14/h2-7,10-11H,8-9H2,1H3,(H,18,22)(H,19,21). The van der Waals surface area contributed by atoms with E-state index in [1.807, 2.05) is 17.5 Å². The van der Waals surface area contributed by atoms with Gasteiger partial charge in [-0.3, -0.25) is 9.59 Å². The van der Waals surface area contributed by atoms with Crippen LogP contribution in [0.1, 0.15) is 18.4 Å². The lowest BCUT2D eigenvalue weighted by atomic mass is 10.2. The lowest BCUT2D eigenvalue weighted by Crippen LogP contribution is -2.45. The van der Waals surface area contributed by atoms with Crippen LogP contribution in [0.4, 0.5) is 0 Å². The molecule has 130 valence electrons. The van der Waals surface area contributed by atoms with Crippen LogP contribution in [0.15, 0.2) is 51.0 Å². The molecule has 0 aromatic carbocycles. The summed E-state index contributed by atoms with van der Waals surface area (Å²) in [5, 5.41) is 7.26. The Morgan fingerprint density at radius 3 is 2.88 bits per heavy atom. The molecule has 0 spiro atoms. The average molecular weight is 359 g/mol. The summed E-state index contributed by atoms with van der Waals surface area (Å²) in [5.74, 6) is 0.550. The van der Waals surface area contributed by atoms with E-state index in [4.69, 9.17) is 8.83 Å². The second-order valence-electron chi connectivity index (χ2n) is 5.38.